The third-order valence-corrected chi connectivity index (χ3v) is 16.4. The molecule has 7 atom stereocenters. The van der Waals surface area contributed by atoms with E-state index in [0.717, 1.165) is 9.80 Å². The fourth-order valence-electron chi connectivity index (χ4n) is 11.2. The van der Waals surface area contributed by atoms with Crippen LogP contribution in [-0.2, 0) is 76.8 Å². The van der Waals surface area contributed by atoms with Crippen LogP contribution in [-0.4, -0.2) is 232 Å². The molecule has 1 aromatic heterocycles. The number of carboxylic acids is 2. The van der Waals surface area contributed by atoms with Gasteiger partial charge < -0.3 is 82.9 Å². The molecule has 3 fully saturated rings. The van der Waals surface area contributed by atoms with Crippen molar-refractivity contribution in [2.75, 3.05) is 72.5 Å². The molecule has 4 heterocycles. The van der Waals surface area contributed by atoms with Gasteiger partial charge in [-0.05, 0) is 60.6 Å². The highest BCUT2D eigenvalue weighted by Crippen LogP contribution is 2.22. The first-order valence-corrected chi connectivity index (χ1v) is 31.0. The van der Waals surface area contributed by atoms with Crippen LogP contribution >= 0.6 is 0 Å². The van der Waals surface area contributed by atoms with Crippen molar-refractivity contribution in [1.29, 1.82) is 0 Å². The predicted octanol–water partition coefficient (Wildman–Crippen LogP) is -1.64. The maximum atomic E-state index is 14.9. The van der Waals surface area contributed by atoms with E-state index in [9.17, 15) is 77.6 Å². The van der Waals surface area contributed by atoms with Crippen molar-refractivity contribution >= 4 is 87.9 Å². The second-order valence-electron chi connectivity index (χ2n) is 23.2. The molecule has 3 aliphatic rings. The molecule has 0 saturated carbocycles. The minimum absolute atomic E-state index is 0.0449. The van der Waals surface area contributed by atoms with Gasteiger partial charge in [-0.3, -0.25) is 62.4 Å². The first-order valence-electron chi connectivity index (χ1n) is 31.0. The molecule has 0 aliphatic carbocycles. The normalized spacial score (nSPS) is 22.6. The molecule has 30 heteroatoms. The quantitative estimate of drug-likeness (QED) is 0.0528. The van der Waals surface area contributed by atoms with Crippen molar-refractivity contribution in [1.82, 2.24) is 72.4 Å². The van der Waals surface area contributed by atoms with E-state index in [2.05, 4.69) is 52.8 Å². The van der Waals surface area contributed by atoms with E-state index in [-0.39, 0.29) is 96.5 Å². The monoisotopic (exact) mass is 1290 g/mol. The Morgan fingerprint density at radius 2 is 1.19 bits per heavy atom. The number of aromatic amines is 1. The lowest BCUT2D eigenvalue weighted by molar-refractivity contribution is -0.146. The van der Waals surface area contributed by atoms with E-state index < -0.39 is 145 Å². The van der Waals surface area contributed by atoms with Crippen molar-refractivity contribution in [3.8, 4) is 5.75 Å². The minimum atomic E-state index is -1.84. The number of carboxylic acid groups (broad SMARTS) is 2. The van der Waals surface area contributed by atoms with Crippen LogP contribution in [0.3, 0.4) is 0 Å². The molecule has 3 aromatic carbocycles. The number of urea groups is 1. The van der Waals surface area contributed by atoms with Gasteiger partial charge in [0.05, 0.1) is 32.6 Å². The SMILES string of the molecule is CCCCC[C@@H]1NC(=O)[C@H](Cc2ccc(O)cc2)NC(=O)[C@H](Cc2ccccc2)N(C)C(=O)CNC(=O)CNC(=O)[C@H]2CCCN2C(=O)[C@H](CC(=O)O)NC(=O)[C@H](CCNC(=O)N2CCN(CC(=O)O)CC2)NC(=O)CNC(=O)[C@H](Cc2c[nH]c3ccccc23)NC1=O. The molecule has 500 valence electrons. The Morgan fingerprint density at radius 1 is 0.581 bits per heavy atom. The number of hydrogen-bond acceptors (Lipinski definition) is 15. The Hall–Kier alpha value is -10.1. The Balaban J connectivity index is 1.21. The van der Waals surface area contributed by atoms with Crippen LogP contribution < -0.4 is 47.9 Å². The number of likely N-dealkylation sites (N-methyl/N-ethyl adjacent to an activating group) is 1. The highest BCUT2D eigenvalue weighted by Gasteiger charge is 2.40. The Bertz CT molecular complexity index is 3340. The first-order chi connectivity index (χ1) is 44.6. The molecule has 93 heavy (non-hydrogen) atoms. The van der Waals surface area contributed by atoms with Gasteiger partial charge in [-0.1, -0.05) is 86.8 Å². The zero-order valence-corrected chi connectivity index (χ0v) is 51.9. The maximum absolute atomic E-state index is 14.9. The van der Waals surface area contributed by atoms with Crippen molar-refractivity contribution in [2.45, 2.75) is 120 Å². The topological polar surface area (TPSA) is 420 Å². The van der Waals surface area contributed by atoms with Crippen molar-refractivity contribution in [2.24, 2.45) is 0 Å². The van der Waals surface area contributed by atoms with Gasteiger partial charge in [0.2, 0.25) is 59.1 Å². The zero-order valence-electron chi connectivity index (χ0n) is 51.9. The number of hydrogen-bond donors (Lipinski definition) is 13. The molecule has 3 aliphatic heterocycles. The lowest BCUT2D eigenvalue weighted by atomic mass is 10.00. The lowest BCUT2D eigenvalue weighted by Crippen LogP contribution is -2.60. The number of aromatic nitrogens is 1. The summed E-state index contributed by atoms with van der Waals surface area (Å²) in [4.78, 5) is 188. The number of nitrogens with one attached hydrogen (secondary N) is 10. The van der Waals surface area contributed by atoms with Gasteiger partial charge in [0, 0.05) is 82.7 Å². The number of carbonyl (C=O) groups excluding carboxylic acids is 11. The molecule has 4 aromatic rings. The summed E-state index contributed by atoms with van der Waals surface area (Å²) in [5, 5.41) is 53.4. The molecular formula is C63H82N14O16. The van der Waals surface area contributed by atoms with Crippen molar-refractivity contribution < 1.29 is 77.6 Å². The van der Waals surface area contributed by atoms with Crippen LogP contribution in [0.15, 0.2) is 85.1 Å². The van der Waals surface area contributed by atoms with E-state index in [1.54, 1.807) is 65.7 Å². The largest absolute Gasteiger partial charge is 0.508 e. The molecule has 13 N–H and O–H groups in total. The molecule has 0 radical (unpaired) electrons. The molecule has 0 spiro atoms. The molecule has 3 saturated heterocycles. The molecule has 12 amide bonds. The van der Waals surface area contributed by atoms with Gasteiger partial charge in [-0.25, -0.2) is 4.79 Å². The van der Waals surface area contributed by atoms with Gasteiger partial charge in [0.1, 0.15) is 48.0 Å². The predicted molar refractivity (Wildman–Crippen MR) is 334 cm³/mol. The number of amides is 12. The molecular weight excluding hydrogens is 1210 g/mol. The number of H-pyrrole nitrogens is 1. The third-order valence-electron chi connectivity index (χ3n) is 16.4. The number of aliphatic carboxylic acids is 2. The van der Waals surface area contributed by atoms with Crippen molar-refractivity contribution in [3.05, 3.63) is 102 Å². The number of rotatable bonds is 17. The van der Waals surface area contributed by atoms with Crippen LogP contribution in [0.25, 0.3) is 10.9 Å². The summed E-state index contributed by atoms with van der Waals surface area (Å²) in [7, 11) is 1.33. The summed E-state index contributed by atoms with van der Waals surface area (Å²) >= 11 is 0. The second-order valence-corrected chi connectivity index (χ2v) is 23.2. The summed E-state index contributed by atoms with van der Waals surface area (Å²) in [6.07, 6.45) is 1.91. The number of unbranched alkanes of at least 4 members (excludes halogenated alkanes) is 2. The summed E-state index contributed by atoms with van der Waals surface area (Å²) < 4.78 is 0. The fraction of sp³-hybridized carbons (Fsp3) is 0.476. The minimum Gasteiger partial charge on any atom is -0.508 e. The van der Waals surface area contributed by atoms with Gasteiger partial charge in [-0.2, -0.15) is 0 Å². The lowest BCUT2D eigenvalue weighted by Gasteiger charge is -2.33. The maximum Gasteiger partial charge on any atom is 0.317 e. The first kappa shape index (κ1) is 70.3. The summed E-state index contributed by atoms with van der Waals surface area (Å²) in [6.45, 7) is -0.0565. The fourth-order valence-corrected chi connectivity index (χ4v) is 11.2. The van der Waals surface area contributed by atoms with Crippen LogP contribution in [0, 0.1) is 0 Å². The summed E-state index contributed by atoms with van der Waals surface area (Å²) in [6, 6.07) is 10.7. The number of phenols is 1. The van der Waals surface area contributed by atoms with E-state index >= 15 is 0 Å². The Morgan fingerprint density at radius 3 is 1.89 bits per heavy atom. The molecule has 0 unspecified atom stereocenters. The number of carbonyl (C=O) groups is 13. The highest BCUT2D eigenvalue weighted by molar-refractivity contribution is 5.99. The van der Waals surface area contributed by atoms with Gasteiger partial charge in [0.25, 0.3) is 0 Å². The zero-order chi connectivity index (χ0) is 67.1. The molecule has 0 bridgehead atoms. The average Bonchev–Trinajstić information content (AvgIpc) is 1.81. The number of para-hydroxylation sites is 1. The number of piperazine rings is 1. The Kier molecular flexibility index (Phi) is 26.0. The van der Waals surface area contributed by atoms with Crippen LogP contribution in [0.1, 0.15) is 75.0 Å². The Labute approximate surface area is 536 Å². The highest BCUT2D eigenvalue weighted by atomic mass is 16.4. The standard InChI is InChI=1S/C63H82N14O16/c1-3-4-6-16-44-57(87)71-47(31-40-33-65-43-15-10-9-14-42(40)43)56(86)67-35-52(80)69-45(22-23-64-63(93)76-27-25-75(26-28-76)37-55(84)85)58(88)73-48(32-54(82)83)62(92)77-24-11-17-49(77)60(90)68-34-51(79)66-36-53(81)74(2)50(30-38-12-7-5-8-13-38)61(91)72-46(59(89)70-44)29-39-18-20-41(78)21-19-39/h5,7-10,12-15,18-21,33,44-50,65,78H,3-4,6,11,16-17,22-32,34-37H2,1-2H3,(H,64,93)(H,66,79)(H,67,86)(H,68,90)(H,69,80)(H,70,89)(H,71,87)(H,72,91)(H,73,88)(H,82,83)(H,84,85)/t44-,45-,46-,47-,48-,49+,50-/m0/s1. The number of benzene rings is 3. The van der Waals surface area contributed by atoms with E-state index in [1.165, 1.54) is 36.2 Å². The number of aromatic hydroxyl groups is 1. The summed E-state index contributed by atoms with van der Waals surface area (Å²) in [5.41, 5.74) is 2.36. The van der Waals surface area contributed by atoms with Gasteiger partial charge >= 0.3 is 18.0 Å². The van der Waals surface area contributed by atoms with E-state index in [1.807, 2.05) is 6.92 Å². The average molecular weight is 1290 g/mol. The number of fused-ring (bicyclic) bond motifs is 2. The number of nitrogens with zero attached hydrogens (tertiary/aromatic N) is 4. The second kappa shape index (κ2) is 34.3. The van der Waals surface area contributed by atoms with Gasteiger partial charge in [-0.15, -0.1) is 0 Å². The van der Waals surface area contributed by atoms with Crippen LogP contribution in [0.5, 0.6) is 5.75 Å². The smallest absolute Gasteiger partial charge is 0.317 e. The van der Waals surface area contributed by atoms with E-state index in [0.29, 0.717) is 46.9 Å². The molecule has 7 rings (SSSR count). The molecule has 30 nitrogen and oxygen atoms in total. The summed E-state index contributed by atoms with van der Waals surface area (Å²) in [5.74, 6) is -11.5. The van der Waals surface area contributed by atoms with Gasteiger partial charge in [0.15, 0.2) is 0 Å². The van der Waals surface area contributed by atoms with E-state index in [4.69, 9.17) is 0 Å². The van der Waals surface area contributed by atoms with Crippen molar-refractivity contribution in [3.63, 3.8) is 0 Å². The van der Waals surface area contributed by atoms with Crippen LogP contribution in [0.2, 0.25) is 0 Å². The third kappa shape index (κ3) is 21.0. The number of phenolic OH excluding ortho intramolecular Hbond substituents is 1. The van der Waals surface area contributed by atoms with Crippen LogP contribution in [0.4, 0.5) is 4.79 Å².